The molecule has 0 aliphatic heterocycles. The van der Waals surface area contributed by atoms with Crippen LogP contribution in [0.4, 0.5) is 10.5 Å². The number of hydrogen-bond donors (Lipinski definition) is 1. The monoisotopic (exact) mass is 333 g/mol. The Morgan fingerprint density at radius 1 is 0.917 bits per heavy atom. The van der Waals surface area contributed by atoms with Crippen LogP contribution in [0.15, 0.2) is 72.8 Å². The van der Waals surface area contributed by atoms with E-state index in [0.29, 0.717) is 5.69 Å². The quantitative estimate of drug-likeness (QED) is 0.693. The topological polar surface area (TPSA) is 38.3 Å². The highest BCUT2D eigenvalue weighted by Crippen LogP contribution is 2.17. The van der Waals surface area contributed by atoms with Gasteiger partial charge in [0.05, 0.1) is 4.88 Å². The smallest absolute Gasteiger partial charge is 0.411 e. The predicted octanol–water partition coefficient (Wildman–Crippen LogP) is 4.90. The van der Waals surface area contributed by atoms with Crippen molar-refractivity contribution in [2.45, 2.75) is 6.61 Å². The van der Waals surface area contributed by atoms with Gasteiger partial charge in [0, 0.05) is 16.1 Å². The number of hydrogen-bond acceptors (Lipinski definition) is 3. The number of thiophene rings is 1. The molecule has 3 nitrogen and oxygen atoms in total. The van der Waals surface area contributed by atoms with Crippen LogP contribution in [0, 0.1) is 11.8 Å². The number of para-hydroxylation sites is 1. The van der Waals surface area contributed by atoms with Crippen LogP contribution in [0.5, 0.6) is 0 Å². The van der Waals surface area contributed by atoms with Crippen molar-refractivity contribution >= 4 is 23.1 Å². The van der Waals surface area contributed by atoms with Crippen molar-refractivity contribution in [3.8, 4) is 11.8 Å². The summed E-state index contributed by atoms with van der Waals surface area (Å²) in [6.07, 6.45) is -0.466. The van der Waals surface area contributed by atoms with Crippen molar-refractivity contribution in [1.29, 1.82) is 0 Å². The Kier molecular flexibility index (Phi) is 5.28. The van der Waals surface area contributed by atoms with E-state index in [1.807, 2.05) is 72.8 Å². The third-order valence-corrected chi connectivity index (χ3v) is 4.11. The first-order valence-electron chi connectivity index (χ1n) is 7.44. The fourth-order valence-corrected chi connectivity index (χ4v) is 2.76. The van der Waals surface area contributed by atoms with Gasteiger partial charge in [0.2, 0.25) is 0 Å². The van der Waals surface area contributed by atoms with Crippen LogP contribution in [0.1, 0.15) is 15.3 Å². The molecule has 3 aromatic rings. The number of nitrogens with one attached hydrogen (secondary N) is 1. The molecule has 1 heterocycles. The van der Waals surface area contributed by atoms with Crippen LogP contribution < -0.4 is 5.32 Å². The summed E-state index contributed by atoms with van der Waals surface area (Å²) < 4.78 is 5.22. The fraction of sp³-hybridized carbons (Fsp3) is 0.0500. The van der Waals surface area contributed by atoms with E-state index < -0.39 is 6.09 Å². The molecule has 0 aliphatic rings. The molecule has 0 spiro atoms. The molecule has 0 atom stereocenters. The SMILES string of the molecule is O=C(Nc1ccccc1)OCc1ccc(C#Cc2ccccc2)s1. The molecule has 3 rings (SSSR count). The molecule has 2 aromatic carbocycles. The van der Waals surface area contributed by atoms with Crippen LogP contribution in [-0.4, -0.2) is 6.09 Å². The van der Waals surface area contributed by atoms with E-state index in [4.69, 9.17) is 4.74 Å². The Hall–Kier alpha value is -3.03. The molecule has 1 aromatic heterocycles. The average molecular weight is 333 g/mol. The van der Waals surface area contributed by atoms with Crippen molar-refractivity contribution in [2.75, 3.05) is 5.32 Å². The molecule has 0 saturated heterocycles. The van der Waals surface area contributed by atoms with Gasteiger partial charge in [0.25, 0.3) is 0 Å². The second kappa shape index (κ2) is 8.00. The Morgan fingerprint density at radius 3 is 2.38 bits per heavy atom. The number of ether oxygens (including phenoxy) is 1. The van der Waals surface area contributed by atoms with Crippen LogP contribution in [0.25, 0.3) is 0 Å². The first kappa shape index (κ1) is 15.9. The van der Waals surface area contributed by atoms with E-state index in [-0.39, 0.29) is 6.61 Å². The number of rotatable bonds is 3. The number of anilines is 1. The summed E-state index contributed by atoms with van der Waals surface area (Å²) in [5.41, 5.74) is 1.69. The van der Waals surface area contributed by atoms with Gasteiger partial charge < -0.3 is 4.74 Å². The highest BCUT2D eigenvalue weighted by Gasteiger charge is 2.05. The molecular formula is C20H15NO2S. The van der Waals surface area contributed by atoms with Gasteiger partial charge in [-0.05, 0) is 36.4 Å². The van der Waals surface area contributed by atoms with Crippen LogP contribution in [0.3, 0.4) is 0 Å². The number of amides is 1. The standard InChI is InChI=1S/C20H15NO2S/c22-20(21-17-9-5-2-6-10-17)23-15-19-14-13-18(24-19)12-11-16-7-3-1-4-8-16/h1-10,13-14H,15H2,(H,21,22). The number of benzene rings is 2. The van der Waals surface area contributed by atoms with E-state index in [2.05, 4.69) is 17.2 Å². The van der Waals surface area contributed by atoms with Crippen molar-refractivity contribution < 1.29 is 9.53 Å². The summed E-state index contributed by atoms with van der Waals surface area (Å²) in [5, 5.41) is 2.68. The Morgan fingerprint density at radius 2 is 1.62 bits per heavy atom. The maximum atomic E-state index is 11.7. The second-order valence-electron chi connectivity index (χ2n) is 4.95. The molecule has 1 N–H and O–H groups in total. The van der Waals surface area contributed by atoms with Crippen LogP contribution in [-0.2, 0) is 11.3 Å². The zero-order valence-corrected chi connectivity index (χ0v) is 13.7. The molecule has 0 saturated carbocycles. The fourth-order valence-electron chi connectivity index (χ4n) is 1.99. The lowest BCUT2D eigenvalue weighted by molar-refractivity contribution is 0.156. The molecule has 118 valence electrons. The maximum Gasteiger partial charge on any atom is 0.411 e. The van der Waals surface area contributed by atoms with Crippen LogP contribution >= 0.6 is 11.3 Å². The van der Waals surface area contributed by atoms with E-state index in [9.17, 15) is 4.79 Å². The summed E-state index contributed by atoms with van der Waals surface area (Å²) in [4.78, 5) is 13.6. The summed E-state index contributed by atoms with van der Waals surface area (Å²) in [6, 6.07) is 22.9. The lowest BCUT2D eigenvalue weighted by Crippen LogP contribution is -2.12. The molecule has 0 bridgehead atoms. The van der Waals surface area contributed by atoms with Crippen LogP contribution in [0.2, 0.25) is 0 Å². The molecular weight excluding hydrogens is 318 g/mol. The average Bonchev–Trinajstić information content (AvgIpc) is 3.08. The van der Waals surface area contributed by atoms with E-state index in [1.165, 1.54) is 11.3 Å². The normalized spacial score (nSPS) is 9.67. The summed E-state index contributed by atoms with van der Waals surface area (Å²) in [5.74, 6) is 6.23. The molecule has 4 heteroatoms. The first-order chi connectivity index (χ1) is 11.8. The predicted molar refractivity (Wildman–Crippen MR) is 97.0 cm³/mol. The van der Waals surface area contributed by atoms with Crippen molar-refractivity contribution in [1.82, 2.24) is 0 Å². The molecule has 0 aliphatic carbocycles. The third-order valence-electron chi connectivity index (χ3n) is 3.13. The second-order valence-corrected chi connectivity index (χ2v) is 6.12. The Bertz CT molecular complexity index is 861. The highest BCUT2D eigenvalue weighted by atomic mass is 32.1. The molecule has 0 radical (unpaired) electrons. The summed E-state index contributed by atoms with van der Waals surface area (Å²) in [6.45, 7) is 0.232. The number of carbonyl (C=O) groups excluding carboxylic acids is 1. The van der Waals surface area contributed by atoms with E-state index in [0.717, 1.165) is 15.3 Å². The van der Waals surface area contributed by atoms with Crippen molar-refractivity contribution in [3.05, 3.63) is 88.1 Å². The van der Waals surface area contributed by atoms with Gasteiger partial charge in [-0.1, -0.05) is 48.2 Å². The summed E-state index contributed by atoms with van der Waals surface area (Å²) >= 11 is 1.52. The van der Waals surface area contributed by atoms with Crippen molar-refractivity contribution in [3.63, 3.8) is 0 Å². The molecule has 0 fully saturated rings. The minimum atomic E-state index is -0.466. The zero-order chi connectivity index (χ0) is 16.6. The van der Waals surface area contributed by atoms with E-state index in [1.54, 1.807) is 0 Å². The Labute approximate surface area is 144 Å². The maximum absolute atomic E-state index is 11.7. The first-order valence-corrected chi connectivity index (χ1v) is 8.26. The van der Waals surface area contributed by atoms with Gasteiger partial charge in [0.15, 0.2) is 0 Å². The molecule has 0 unspecified atom stereocenters. The number of carbonyl (C=O) groups is 1. The zero-order valence-electron chi connectivity index (χ0n) is 12.9. The Balaban J connectivity index is 1.53. The minimum Gasteiger partial charge on any atom is -0.444 e. The third kappa shape index (κ3) is 4.73. The van der Waals surface area contributed by atoms with Gasteiger partial charge in [0.1, 0.15) is 6.61 Å². The lowest BCUT2D eigenvalue weighted by Gasteiger charge is -2.05. The lowest BCUT2D eigenvalue weighted by atomic mass is 10.2. The molecule has 1 amide bonds. The van der Waals surface area contributed by atoms with Gasteiger partial charge in [-0.2, -0.15) is 0 Å². The van der Waals surface area contributed by atoms with Crippen molar-refractivity contribution in [2.24, 2.45) is 0 Å². The molecule has 24 heavy (non-hydrogen) atoms. The minimum absolute atomic E-state index is 0.232. The van der Waals surface area contributed by atoms with E-state index >= 15 is 0 Å². The largest absolute Gasteiger partial charge is 0.444 e. The van der Waals surface area contributed by atoms with Gasteiger partial charge in [-0.25, -0.2) is 4.79 Å². The van der Waals surface area contributed by atoms with Gasteiger partial charge >= 0.3 is 6.09 Å². The summed E-state index contributed by atoms with van der Waals surface area (Å²) in [7, 11) is 0. The highest BCUT2D eigenvalue weighted by molar-refractivity contribution is 7.12. The van der Waals surface area contributed by atoms with Gasteiger partial charge in [-0.3, -0.25) is 5.32 Å². The van der Waals surface area contributed by atoms with Gasteiger partial charge in [-0.15, -0.1) is 11.3 Å².